The van der Waals surface area contributed by atoms with E-state index in [9.17, 15) is 9.90 Å². The molecule has 0 aromatic rings. The maximum atomic E-state index is 11.3. The lowest BCUT2D eigenvalue weighted by atomic mass is 10.1. The van der Waals surface area contributed by atoms with E-state index in [0.29, 0.717) is 13.0 Å². The summed E-state index contributed by atoms with van der Waals surface area (Å²) in [7, 11) is 3.05. The van der Waals surface area contributed by atoms with Gasteiger partial charge in [0.25, 0.3) is 5.91 Å². The average Bonchev–Trinajstić information content (AvgIpc) is 2.15. The van der Waals surface area contributed by atoms with Gasteiger partial charge in [-0.3, -0.25) is 4.79 Å². The van der Waals surface area contributed by atoms with Crippen LogP contribution in [0.25, 0.3) is 0 Å². The van der Waals surface area contributed by atoms with Crippen molar-refractivity contribution < 1.29 is 9.90 Å². The highest BCUT2D eigenvalue weighted by Gasteiger charge is 2.16. The van der Waals surface area contributed by atoms with E-state index in [1.54, 1.807) is 6.07 Å². The second kappa shape index (κ2) is 6.00. The SMILES string of the molecule is CN(C)C(=O)C(C#N)=C(O)CCCN. The van der Waals surface area contributed by atoms with Crippen LogP contribution < -0.4 is 5.73 Å². The number of rotatable bonds is 4. The largest absolute Gasteiger partial charge is 0.511 e. The Morgan fingerprint density at radius 1 is 1.57 bits per heavy atom. The van der Waals surface area contributed by atoms with Gasteiger partial charge in [0.2, 0.25) is 0 Å². The number of carbonyl (C=O) groups excluding carboxylic acids is 1. The maximum absolute atomic E-state index is 11.3. The highest BCUT2D eigenvalue weighted by atomic mass is 16.3. The number of amides is 1. The Morgan fingerprint density at radius 2 is 2.14 bits per heavy atom. The Balaban J connectivity index is 4.69. The number of aliphatic hydroxyl groups excluding tert-OH is 1. The topological polar surface area (TPSA) is 90.3 Å². The van der Waals surface area contributed by atoms with Crippen LogP contribution in [-0.2, 0) is 4.79 Å². The molecule has 0 aliphatic heterocycles. The van der Waals surface area contributed by atoms with Crippen molar-refractivity contribution in [2.45, 2.75) is 12.8 Å². The molecule has 3 N–H and O–H groups in total. The van der Waals surface area contributed by atoms with Crippen LogP contribution in [0.1, 0.15) is 12.8 Å². The molecular formula is C9H15N3O2. The Labute approximate surface area is 83.4 Å². The minimum Gasteiger partial charge on any atom is -0.511 e. The summed E-state index contributed by atoms with van der Waals surface area (Å²) in [5, 5.41) is 18.1. The second-order valence-electron chi connectivity index (χ2n) is 3.03. The Bertz CT molecular complexity index is 276. The van der Waals surface area contributed by atoms with E-state index in [-0.39, 0.29) is 17.8 Å². The number of aliphatic hydroxyl groups is 1. The van der Waals surface area contributed by atoms with E-state index in [2.05, 4.69) is 0 Å². The second-order valence-corrected chi connectivity index (χ2v) is 3.03. The molecule has 0 spiro atoms. The third kappa shape index (κ3) is 3.46. The lowest BCUT2D eigenvalue weighted by Crippen LogP contribution is -2.24. The van der Waals surface area contributed by atoms with E-state index in [4.69, 9.17) is 11.0 Å². The first kappa shape index (κ1) is 12.5. The number of allylic oxidation sites excluding steroid dienone is 1. The van der Waals surface area contributed by atoms with Crippen LogP contribution >= 0.6 is 0 Å². The van der Waals surface area contributed by atoms with Gasteiger partial charge in [0.1, 0.15) is 11.8 Å². The van der Waals surface area contributed by atoms with Crippen molar-refractivity contribution in [2.24, 2.45) is 5.73 Å². The summed E-state index contributed by atoms with van der Waals surface area (Å²) in [4.78, 5) is 12.6. The average molecular weight is 197 g/mol. The first-order valence-electron chi connectivity index (χ1n) is 4.28. The summed E-state index contributed by atoms with van der Waals surface area (Å²) >= 11 is 0. The number of nitrogens with two attached hydrogens (primary N) is 1. The molecule has 0 aromatic carbocycles. The molecule has 5 heteroatoms. The van der Waals surface area contributed by atoms with Crippen molar-refractivity contribution in [1.82, 2.24) is 4.90 Å². The summed E-state index contributed by atoms with van der Waals surface area (Å²) in [6, 6.07) is 1.69. The Morgan fingerprint density at radius 3 is 2.50 bits per heavy atom. The molecule has 0 aliphatic rings. The molecule has 0 heterocycles. The van der Waals surface area contributed by atoms with Gasteiger partial charge in [-0.2, -0.15) is 5.26 Å². The van der Waals surface area contributed by atoms with E-state index in [1.807, 2.05) is 0 Å². The van der Waals surface area contributed by atoms with Gasteiger partial charge in [0, 0.05) is 20.5 Å². The van der Waals surface area contributed by atoms with Gasteiger partial charge in [-0.05, 0) is 13.0 Å². The van der Waals surface area contributed by atoms with E-state index >= 15 is 0 Å². The predicted octanol–water partition coefficient (Wildman–Crippen LogP) is 0.149. The van der Waals surface area contributed by atoms with Crippen molar-refractivity contribution in [3.05, 3.63) is 11.3 Å². The van der Waals surface area contributed by atoms with Crippen molar-refractivity contribution in [2.75, 3.05) is 20.6 Å². The van der Waals surface area contributed by atoms with Crippen LogP contribution in [0.4, 0.5) is 0 Å². The zero-order chi connectivity index (χ0) is 11.1. The molecule has 78 valence electrons. The molecule has 0 aromatic heterocycles. The third-order valence-corrected chi connectivity index (χ3v) is 1.64. The molecule has 0 saturated heterocycles. The van der Waals surface area contributed by atoms with Crippen LogP contribution in [0.5, 0.6) is 0 Å². The van der Waals surface area contributed by atoms with Gasteiger partial charge in [0.05, 0.1) is 0 Å². The number of carbonyl (C=O) groups is 1. The summed E-state index contributed by atoms with van der Waals surface area (Å²) in [6.07, 6.45) is 0.816. The minimum atomic E-state index is -0.484. The summed E-state index contributed by atoms with van der Waals surface area (Å²) < 4.78 is 0. The monoisotopic (exact) mass is 197 g/mol. The Kier molecular flexibility index (Phi) is 5.34. The van der Waals surface area contributed by atoms with Gasteiger partial charge in [-0.25, -0.2) is 0 Å². The van der Waals surface area contributed by atoms with Crippen molar-refractivity contribution in [3.8, 4) is 6.07 Å². The van der Waals surface area contributed by atoms with Crippen molar-refractivity contribution in [3.63, 3.8) is 0 Å². The zero-order valence-electron chi connectivity index (χ0n) is 8.45. The predicted molar refractivity (Wildman–Crippen MR) is 52.3 cm³/mol. The van der Waals surface area contributed by atoms with Gasteiger partial charge in [-0.15, -0.1) is 0 Å². The van der Waals surface area contributed by atoms with Crippen LogP contribution in [-0.4, -0.2) is 36.6 Å². The third-order valence-electron chi connectivity index (χ3n) is 1.64. The molecular weight excluding hydrogens is 182 g/mol. The normalized spacial score (nSPS) is 11.6. The quantitative estimate of drug-likeness (QED) is 0.381. The maximum Gasteiger partial charge on any atom is 0.267 e. The lowest BCUT2D eigenvalue weighted by molar-refractivity contribution is -0.124. The van der Waals surface area contributed by atoms with Crippen LogP contribution in [0.15, 0.2) is 11.3 Å². The van der Waals surface area contributed by atoms with Crippen LogP contribution in [0.2, 0.25) is 0 Å². The fourth-order valence-electron chi connectivity index (χ4n) is 0.854. The van der Waals surface area contributed by atoms with Gasteiger partial charge in [-0.1, -0.05) is 0 Å². The molecule has 0 unspecified atom stereocenters. The molecule has 0 radical (unpaired) electrons. The van der Waals surface area contributed by atoms with Gasteiger partial charge >= 0.3 is 0 Å². The molecule has 0 bridgehead atoms. The Hall–Kier alpha value is -1.54. The summed E-state index contributed by atoms with van der Waals surface area (Å²) in [5.41, 5.74) is 5.04. The number of hydrogen-bond acceptors (Lipinski definition) is 4. The first-order valence-corrected chi connectivity index (χ1v) is 4.28. The highest BCUT2D eigenvalue weighted by molar-refractivity contribution is 5.97. The highest BCUT2D eigenvalue weighted by Crippen LogP contribution is 2.09. The zero-order valence-corrected chi connectivity index (χ0v) is 8.45. The molecule has 5 nitrogen and oxygen atoms in total. The van der Waals surface area contributed by atoms with E-state index in [1.165, 1.54) is 19.0 Å². The standard InChI is InChI=1S/C9H15N3O2/c1-12(2)9(14)7(6-11)8(13)4-3-5-10/h13H,3-5,10H2,1-2H3. The number of nitrogens with zero attached hydrogens (tertiary/aromatic N) is 2. The number of nitriles is 1. The molecule has 0 atom stereocenters. The lowest BCUT2D eigenvalue weighted by Gasteiger charge is -2.10. The van der Waals surface area contributed by atoms with Crippen molar-refractivity contribution >= 4 is 5.91 Å². The van der Waals surface area contributed by atoms with Gasteiger partial charge in [0.15, 0.2) is 5.57 Å². The van der Waals surface area contributed by atoms with E-state index in [0.717, 1.165) is 0 Å². The molecule has 0 aliphatic carbocycles. The molecule has 14 heavy (non-hydrogen) atoms. The van der Waals surface area contributed by atoms with Crippen LogP contribution in [0, 0.1) is 11.3 Å². The molecule has 0 rings (SSSR count). The molecule has 0 fully saturated rings. The van der Waals surface area contributed by atoms with E-state index < -0.39 is 5.91 Å². The fraction of sp³-hybridized carbons (Fsp3) is 0.556. The number of hydrogen-bond donors (Lipinski definition) is 2. The summed E-state index contributed by atoms with van der Waals surface area (Å²) in [6.45, 7) is 0.416. The first-order chi connectivity index (χ1) is 6.54. The molecule has 1 amide bonds. The van der Waals surface area contributed by atoms with Crippen LogP contribution in [0.3, 0.4) is 0 Å². The smallest absolute Gasteiger partial charge is 0.267 e. The van der Waals surface area contributed by atoms with Crippen molar-refractivity contribution in [1.29, 1.82) is 5.26 Å². The fourth-order valence-corrected chi connectivity index (χ4v) is 0.854. The summed E-state index contributed by atoms with van der Waals surface area (Å²) in [5.74, 6) is -0.668. The number of likely N-dealkylation sites (N-methyl/N-ethyl adjacent to an activating group) is 1. The van der Waals surface area contributed by atoms with Gasteiger partial charge < -0.3 is 15.7 Å². The molecule has 0 saturated carbocycles. The minimum absolute atomic E-state index is 0.184.